The van der Waals surface area contributed by atoms with E-state index in [2.05, 4.69) is 20.4 Å². The van der Waals surface area contributed by atoms with Gasteiger partial charge in [0.25, 0.3) is 0 Å². The lowest BCUT2D eigenvalue weighted by Gasteiger charge is -2.33. The minimum absolute atomic E-state index is 0.159. The normalized spacial score (nSPS) is 23.4. The first-order valence-electron chi connectivity index (χ1n) is 3.90. The molecule has 62 valence electrons. The molecule has 0 saturated carbocycles. The van der Waals surface area contributed by atoms with Gasteiger partial charge < -0.3 is 9.31 Å². The van der Waals surface area contributed by atoms with Crippen LogP contribution in [-0.4, -0.2) is 20.3 Å². The molecule has 0 unspecified atom stereocenters. The maximum absolute atomic E-state index is 5.43. The summed E-state index contributed by atoms with van der Waals surface area (Å²) in [5.74, 6) is 0. The van der Waals surface area contributed by atoms with Crippen molar-refractivity contribution in [1.82, 2.24) is 0 Å². The summed E-state index contributed by atoms with van der Waals surface area (Å²) in [6.45, 7) is 11.5. The topological polar surface area (TPSA) is 18.5 Å². The van der Waals surface area contributed by atoms with Gasteiger partial charge in [0, 0.05) is 18.6 Å². The molecule has 0 bridgehead atoms. The molecule has 1 heterocycles. The fourth-order valence-corrected chi connectivity index (χ4v) is 0.977. The van der Waals surface area contributed by atoms with E-state index in [1.54, 1.807) is 0 Å². The Bertz CT molecular complexity index is 155. The van der Waals surface area contributed by atoms with Crippen LogP contribution in [0.2, 0.25) is 0 Å². The molecule has 1 saturated heterocycles. The number of rotatable bonds is 1. The van der Waals surface area contributed by atoms with Crippen LogP contribution in [0, 0.1) is 5.41 Å². The van der Waals surface area contributed by atoms with Crippen molar-refractivity contribution in [1.29, 1.82) is 0 Å². The summed E-state index contributed by atoms with van der Waals surface area (Å²) in [4.78, 5) is 0. The van der Waals surface area contributed by atoms with E-state index in [1.165, 1.54) is 0 Å². The van der Waals surface area contributed by atoms with Crippen molar-refractivity contribution in [3.05, 3.63) is 12.1 Å². The summed E-state index contributed by atoms with van der Waals surface area (Å²) in [7, 11) is -0.178. The zero-order valence-corrected chi connectivity index (χ0v) is 7.52. The molecule has 0 radical (unpaired) electrons. The van der Waals surface area contributed by atoms with Crippen LogP contribution in [0.3, 0.4) is 0 Å². The second-order valence-electron chi connectivity index (χ2n) is 3.96. The molecular formula is C8H15BO2. The van der Waals surface area contributed by atoms with Crippen molar-refractivity contribution in [3.8, 4) is 0 Å². The van der Waals surface area contributed by atoms with Crippen LogP contribution in [-0.2, 0) is 9.31 Å². The molecule has 0 aliphatic carbocycles. The maximum atomic E-state index is 5.43. The molecule has 0 amide bonds. The minimum atomic E-state index is -0.178. The van der Waals surface area contributed by atoms with Gasteiger partial charge in [0.15, 0.2) is 0 Å². The first kappa shape index (κ1) is 8.82. The van der Waals surface area contributed by atoms with E-state index in [-0.39, 0.29) is 12.5 Å². The van der Waals surface area contributed by atoms with Gasteiger partial charge in [-0.25, -0.2) is 0 Å². The summed E-state index contributed by atoms with van der Waals surface area (Å²) in [6, 6.07) is 0. The van der Waals surface area contributed by atoms with E-state index in [4.69, 9.17) is 9.31 Å². The standard InChI is InChI=1S/C8H15BO2/c1-7(2)9-10-5-8(3,4)6-11-9/h1,5-6H2,2-4H3. The molecular weight excluding hydrogens is 139 g/mol. The highest BCUT2D eigenvalue weighted by molar-refractivity contribution is 6.53. The van der Waals surface area contributed by atoms with Crippen molar-refractivity contribution in [3.63, 3.8) is 0 Å². The van der Waals surface area contributed by atoms with Gasteiger partial charge in [-0.2, -0.15) is 0 Å². The molecule has 2 nitrogen and oxygen atoms in total. The van der Waals surface area contributed by atoms with Gasteiger partial charge in [0.05, 0.1) is 0 Å². The van der Waals surface area contributed by atoms with E-state index in [9.17, 15) is 0 Å². The van der Waals surface area contributed by atoms with Crippen LogP contribution in [0.1, 0.15) is 20.8 Å². The molecule has 0 spiro atoms. The predicted octanol–water partition coefficient (Wildman–Crippen LogP) is 1.66. The van der Waals surface area contributed by atoms with Crippen molar-refractivity contribution < 1.29 is 9.31 Å². The molecule has 11 heavy (non-hydrogen) atoms. The van der Waals surface area contributed by atoms with E-state index in [0.29, 0.717) is 0 Å². The van der Waals surface area contributed by atoms with Gasteiger partial charge in [0.2, 0.25) is 0 Å². The van der Waals surface area contributed by atoms with Gasteiger partial charge in [-0.1, -0.05) is 19.3 Å². The molecule has 0 atom stereocenters. The highest BCUT2D eigenvalue weighted by Gasteiger charge is 2.32. The van der Waals surface area contributed by atoms with Gasteiger partial charge in [-0.15, -0.1) is 6.58 Å². The van der Waals surface area contributed by atoms with Gasteiger partial charge in [-0.3, -0.25) is 0 Å². The highest BCUT2D eigenvalue weighted by atomic mass is 16.6. The lowest BCUT2D eigenvalue weighted by atomic mass is 9.77. The third kappa shape index (κ3) is 2.35. The lowest BCUT2D eigenvalue weighted by molar-refractivity contribution is 0.0322. The van der Waals surface area contributed by atoms with Crippen molar-refractivity contribution >= 4 is 7.12 Å². The zero-order valence-electron chi connectivity index (χ0n) is 7.52. The number of hydrogen-bond donors (Lipinski definition) is 0. The lowest BCUT2D eigenvalue weighted by Crippen LogP contribution is -2.41. The SMILES string of the molecule is C=C(C)B1OCC(C)(C)CO1. The van der Waals surface area contributed by atoms with E-state index in [0.717, 1.165) is 18.7 Å². The zero-order chi connectivity index (χ0) is 8.48. The molecule has 1 fully saturated rings. The predicted molar refractivity (Wildman–Crippen MR) is 46.3 cm³/mol. The molecule has 0 N–H and O–H groups in total. The van der Waals surface area contributed by atoms with Crippen molar-refractivity contribution in [2.75, 3.05) is 13.2 Å². The van der Waals surface area contributed by atoms with Crippen LogP contribution >= 0.6 is 0 Å². The molecule has 0 aromatic rings. The summed E-state index contributed by atoms with van der Waals surface area (Å²) in [5, 5.41) is 0. The Labute approximate surface area is 68.7 Å². The average Bonchev–Trinajstić information content (AvgIpc) is 1.86. The maximum Gasteiger partial charge on any atom is 0.488 e. The van der Waals surface area contributed by atoms with Gasteiger partial charge in [-0.05, 0) is 6.92 Å². The largest absolute Gasteiger partial charge is 0.488 e. The fourth-order valence-electron chi connectivity index (χ4n) is 0.977. The van der Waals surface area contributed by atoms with Crippen LogP contribution in [0.5, 0.6) is 0 Å². The van der Waals surface area contributed by atoms with E-state index >= 15 is 0 Å². The molecule has 0 aromatic carbocycles. The average molecular weight is 154 g/mol. The third-order valence-electron chi connectivity index (χ3n) is 1.65. The Morgan fingerprint density at radius 1 is 1.36 bits per heavy atom. The summed E-state index contributed by atoms with van der Waals surface area (Å²) in [5.41, 5.74) is 1.10. The van der Waals surface area contributed by atoms with Crippen LogP contribution < -0.4 is 0 Å². The second kappa shape index (κ2) is 2.99. The quantitative estimate of drug-likeness (QED) is 0.534. The van der Waals surface area contributed by atoms with Crippen molar-refractivity contribution in [2.24, 2.45) is 5.41 Å². The van der Waals surface area contributed by atoms with Gasteiger partial charge in [0.1, 0.15) is 0 Å². The molecule has 0 aromatic heterocycles. The summed E-state index contributed by atoms with van der Waals surface area (Å²) >= 11 is 0. The first-order chi connectivity index (χ1) is 5.01. The molecule has 1 rings (SSSR count). The highest BCUT2D eigenvalue weighted by Crippen LogP contribution is 2.22. The van der Waals surface area contributed by atoms with Gasteiger partial charge >= 0.3 is 7.12 Å². The van der Waals surface area contributed by atoms with Crippen molar-refractivity contribution in [2.45, 2.75) is 20.8 Å². The fraction of sp³-hybridized carbons (Fsp3) is 0.750. The van der Waals surface area contributed by atoms with Crippen LogP contribution in [0.25, 0.3) is 0 Å². The number of hydrogen-bond acceptors (Lipinski definition) is 2. The second-order valence-corrected chi connectivity index (χ2v) is 3.96. The number of allylic oxidation sites excluding steroid dienone is 1. The Morgan fingerprint density at radius 3 is 2.18 bits per heavy atom. The van der Waals surface area contributed by atoms with E-state index in [1.807, 2.05) is 6.92 Å². The summed E-state index contributed by atoms with van der Waals surface area (Å²) in [6.07, 6.45) is 0. The molecule has 3 heteroatoms. The van der Waals surface area contributed by atoms with E-state index < -0.39 is 0 Å². The Hall–Kier alpha value is -0.275. The monoisotopic (exact) mass is 154 g/mol. The Morgan fingerprint density at radius 2 is 1.82 bits per heavy atom. The summed E-state index contributed by atoms with van der Waals surface area (Å²) < 4.78 is 10.9. The Balaban J connectivity index is 2.42. The first-order valence-corrected chi connectivity index (χ1v) is 3.90. The van der Waals surface area contributed by atoms with Crippen LogP contribution in [0.15, 0.2) is 12.1 Å². The molecule has 1 aliphatic rings. The van der Waals surface area contributed by atoms with Crippen LogP contribution in [0.4, 0.5) is 0 Å². The third-order valence-corrected chi connectivity index (χ3v) is 1.65. The molecule has 1 aliphatic heterocycles. The Kier molecular flexibility index (Phi) is 2.40. The smallest absolute Gasteiger partial charge is 0.407 e. The minimum Gasteiger partial charge on any atom is -0.407 e.